The molecule has 0 radical (unpaired) electrons. The van der Waals surface area contributed by atoms with Crippen molar-refractivity contribution in [3.05, 3.63) is 38.6 Å². The van der Waals surface area contributed by atoms with Gasteiger partial charge in [-0.3, -0.25) is 9.59 Å². The molecular weight excluding hydrogens is 412 g/mol. The van der Waals surface area contributed by atoms with Crippen LogP contribution in [-0.4, -0.2) is 33.1 Å². The lowest BCUT2D eigenvalue weighted by atomic mass is 9.88. The Kier molecular flexibility index (Phi) is 4.25. The molecule has 0 saturated heterocycles. The zero-order valence-corrected chi connectivity index (χ0v) is 16.9. The highest BCUT2D eigenvalue weighted by Crippen LogP contribution is 2.41. The topological polar surface area (TPSA) is 117 Å². The first-order valence-corrected chi connectivity index (χ1v) is 10.6. The van der Waals surface area contributed by atoms with Crippen molar-refractivity contribution in [1.82, 2.24) is 15.0 Å². The maximum absolute atomic E-state index is 11.7. The van der Waals surface area contributed by atoms with Gasteiger partial charge in [-0.05, 0) is 30.9 Å². The number of nitrogens with zero attached hydrogens (tertiary/aromatic N) is 2. The summed E-state index contributed by atoms with van der Waals surface area (Å²) in [7, 11) is 1.57. The number of H-pyrrole nitrogens is 1. The molecule has 0 bridgehead atoms. The molecule has 8 nitrogen and oxygen atoms in total. The van der Waals surface area contributed by atoms with E-state index in [0.29, 0.717) is 36.5 Å². The van der Waals surface area contributed by atoms with Gasteiger partial charge < -0.3 is 20.1 Å². The second-order valence-corrected chi connectivity index (χ2v) is 8.97. The van der Waals surface area contributed by atoms with Crippen LogP contribution in [0.25, 0.3) is 20.4 Å². The number of thiazole rings is 1. The average molecular weight is 428 g/mol. The van der Waals surface area contributed by atoms with Gasteiger partial charge in [-0.2, -0.15) is 0 Å². The van der Waals surface area contributed by atoms with Gasteiger partial charge in [-0.25, -0.2) is 9.97 Å². The van der Waals surface area contributed by atoms with Gasteiger partial charge >= 0.3 is 10.8 Å². The van der Waals surface area contributed by atoms with Crippen LogP contribution in [0.5, 0.6) is 5.75 Å². The van der Waals surface area contributed by atoms with Crippen LogP contribution in [0.1, 0.15) is 16.9 Å². The Morgan fingerprint density at radius 2 is 2.21 bits per heavy atom. The molecule has 3 heterocycles. The van der Waals surface area contributed by atoms with E-state index in [2.05, 4.69) is 20.3 Å². The standard InChI is InChI=1S/C19H16N4O4S2/c1-27-12-5-11-14(29-19(26)23-11)6-10(12)22-16-15-9-3-2-8(18(24)25)4-13(9)28-17(15)21-7-20-16/h5-8H,2-4H2,1H3,(H,23,26)(H,24,25)(H,20,21,22). The molecule has 1 aliphatic carbocycles. The number of carboxylic acid groups (broad SMARTS) is 1. The van der Waals surface area contributed by atoms with Crippen LogP contribution in [0.4, 0.5) is 11.5 Å². The maximum Gasteiger partial charge on any atom is 0.306 e. The van der Waals surface area contributed by atoms with Crippen molar-refractivity contribution in [3.8, 4) is 5.75 Å². The van der Waals surface area contributed by atoms with Crippen molar-refractivity contribution in [2.75, 3.05) is 12.4 Å². The Hall–Kier alpha value is -2.98. The molecular formula is C19H16N4O4S2. The van der Waals surface area contributed by atoms with E-state index >= 15 is 0 Å². The van der Waals surface area contributed by atoms with E-state index < -0.39 is 5.97 Å². The van der Waals surface area contributed by atoms with Crippen molar-refractivity contribution >= 4 is 60.6 Å². The van der Waals surface area contributed by atoms with Gasteiger partial charge in [0.25, 0.3) is 0 Å². The van der Waals surface area contributed by atoms with Gasteiger partial charge in [0, 0.05) is 10.9 Å². The van der Waals surface area contributed by atoms with E-state index in [-0.39, 0.29) is 10.8 Å². The predicted molar refractivity (Wildman–Crippen MR) is 113 cm³/mol. The number of hydrogen-bond acceptors (Lipinski definition) is 8. The lowest BCUT2D eigenvalue weighted by molar-refractivity contribution is -0.142. The quantitative estimate of drug-likeness (QED) is 0.455. The maximum atomic E-state index is 11.7. The summed E-state index contributed by atoms with van der Waals surface area (Å²) in [5.74, 6) is 0.148. The van der Waals surface area contributed by atoms with Crippen molar-refractivity contribution in [3.63, 3.8) is 0 Å². The summed E-state index contributed by atoms with van der Waals surface area (Å²) in [5.41, 5.74) is 2.55. The predicted octanol–water partition coefficient (Wildman–Crippen LogP) is 3.54. The number of thiophene rings is 1. The minimum Gasteiger partial charge on any atom is -0.494 e. The van der Waals surface area contributed by atoms with Crippen LogP contribution in [0.2, 0.25) is 0 Å². The molecule has 1 unspecified atom stereocenters. The number of carboxylic acids is 1. The number of aryl methyl sites for hydroxylation is 1. The van der Waals surface area contributed by atoms with Crippen LogP contribution in [0.3, 0.4) is 0 Å². The molecule has 10 heteroatoms. The summed E-state index contributed by atoms with van der Waals surface area (Å²) in [5, 5.41) is 13.6. The molecule has 1 aliphatic rings. The first kappa shape index (κ1) is 18.1. The third-order valence-electron chi connectivity index (χ3n) is 5.19. The first-order valence-electron chi connectivity index (χ1n) is 8.99. The van der Waals surface area contributed by atoms with Crippen molar-refractivity contribution < 1.29 is 14.6 Å². The van der Waals surface area contributed by atoms with Crippen LogP contribution < -0.4 is 14.9 Å². The Morgan fingerprint density at radius 1 is 1.34 bits per heavy atom. The second kappa shape index (κ2) is 6.82. The van der Waals surface area contributed by atoms with Crippen LogP contribution >= 0.6 is 22.7 Å². The molecule has 5 rings (SSSR count). The Labute approximate surface area is 172 Å². The number of rotatable bonds is 4. The number of benzene rings is 1. The fourth-order valence-electron chi connectivity index (χ4n) is 3.79. The van der Waals surface area contributed by atoms with Gasteiger partial charge in [0.1, 0.15) is 22.7 Å². The van der Waals surface area contributed by atoms with Gasteiger partial charge in [-0.1, -0.05) is 11.3 Å². The third-order valence-corrected chi connectivity index (χ3v) is 7.20. The minimum atomic E-state index is -0.749. The Bertz CT molecular complexity index is 1320. The number of carbonyl (C=O) groups is 1. The normalized spacial score (nSPS) is 16.1. The number of aromatic nitrogens is 3. The Morgan fingerprint density at radius 3 is 3.00 bits per heavy atom. The molecule has 0 spiro atoms. The van der Waals surface area contributed by atoms with E-state index in [1.807, 2.05) is 6.07 Å². The highest BCUT2D eigenvalue weighted by Gasteiger charge is 2.29. The van der Waals surface area contributed by atoms with E-state index in [4.69, 9.17) is 4.74 Å². The van der Waals surface area contributed by atoms with Gasteiger partial charge in [0.2, 0.25) is 0 Å². The summed E-state index contributed by atoms with van der Waals surface area (Å²) in [6.45, 7) is 0. The Balaban J connectivity index is 1.60. The zero-order chi connectivity index (χ0) is 20.1. The van der Waals surface area contributed by atoms with Crippen molar-refractivity contribution in [2.24, 2.45) is 5.92 Å². The number of fused-ring (bicyclic) bond motifs is 4. The number of aliphatic carboxylic acids is 1. The lowest BCUT2D eigenvalue weighted by Crippen LogP contribution is -2.21. The number of methoxy groups -OCH3 is 1. The minimum absolute atomic E-state index is 0.122. The van der Waals surface area contributed by atoms with Gasteiger partial charge in [0.05, 0.1) is 34.3 Å². The molecule has 4 aromatic rings. The monoisotopic (exact) mass is 428 g/mol. The smallest absolute Gasteiger partial charge is 0.306 e. The fourth-order valence-corrected chi connectivity index (χ4v) is 5.81. The second-order valence-electron chi connectivity index (χ2n) is 6.87. The van der Waals surface area contributed by atoms with Gasteiger partial charge in [0.15, 0.2) is 0 Å². The third kappa shape index (κ3) is 3.04. The number of ether oxygens (including phenoxy) is 1. The molecule has 29 heavy (non-hydrogen) atoms. The first-order chi connectivity index (χ1) is 14.0. The van der Waals surface area contributed by atoms with E-state index in [9.17, 15) is 14.7 Å². The van der Waals surface area contributed by atoms with Crippen LogP contribution in [0, 0.1) is 5.92 Å². The van der Waals surface area contributed by atoms with Crippen LogP contribution in [-0.2, 0) is 17.6 Å². The summed E-state index contributed by atoms with van der Waals surface area (Å²) in [4.78, 5) is 36.5. The van der Waals surface area contributed by atoms with Crippen molar-refractivity contribution in [1.29, 1.82) is 0 Å². The molecule has 148 valence electrons. The molecule has 3 aromatic heterocycles. The highest BCUT2D eigenvalue weighted by molar-refractivity contribution is 7.19. The van der Waals surface area contributed by atoms with E-state index in [0.717, 1.165) is 42.2 Å². The molecule has 0 amide bonds. The highest BCUT2D eigenvalue weighted by atomic mass is 32.1. The average Bonchev–Trinajstić information content (AvgIpc) is 3.25. The molecule has 1 atom stereocenters. The number of aromatic amines is 1. The van der Waals surface area contributed by atoms with Crippen molar-refractivity contribution in [2.45, 2.75) is 19.3 Å². The molecule has 0 aliphatic heterocycles. The van der Waals surface area contributed by atoms with E-state index in [1.165, 1.54) is 17.7 Å². The zero-order valence-electron chi connectivity index (χ0n) is 15.3. The summed E-state index contributed by atoms with van der Waals surface area (Å²) in [6, 6.07) is 3.65. The summed E-state index contributed by atoms with van der Waals surface area (Å²) < 4.78 is 6.32. The summed E-state index contributed by atoms with van der Waals surface area (Å²) in [6.07, 6.45) is 3.32. The number of nitrogens with one attached hydrogen (secondary N) is 2. The molecule has 0 saturated carbocycles. The van der Waals surface area contributed by atoms with E-state index in [1.54, 1.807) is 13.2 Å². The number of hydrogen-bond donors (Lipinski definition) is 3. The number of anilines is 2. The molecule has 1 aromatic carbocycles. The fraction of sp³-hybridized carbons (Fsp3) is 0.263. The molecule has 0 fully saturated rings. The SMILES string of the molecule is COc1cc2[nH]c(=O)sc2cc1Nc1ncnc2sc3c(c12)CCC(C(=O)O)C3. The summed E-state index contributed by atoms with van der Waals surface area (Å²) >= 11 is 2.67. The van der Waals surface area contributed by atoms with Gasteiger partial charge in [-0.15, -0.1) is 11.3 Å². The largest absolute Gasteiger partial charge is 0.494 e. The van der Waals surface area contributed by atoms with Crippen LogP contribution in [0.15, 0.2) is 23.3 Å². The molecule has 3 N–H and O–H groups in total. The lowest BCUT2D eigenvalue weighted by Gasteiger charge is -2.19.